The maximum absolute atomic E-state index is 12.0. The van der Waals surface area contributed by atoms with E-state index in [9.17, 15) is 13.5 Å². The molecule has 2 heterocycles. The summed E-state index contributed by atoms with van der Waals surface area (Å²) in [7, 11) is -1.79. The van der Waals surface area contributed by atoms with Crippen molar-refractivity contribution in [2.75, 3.05) is 13.1 Å². The summed E-state index contributed by atoms with van der Waals surface area (Å²) >= 11 is 0. The van der Waals surface area contributed by atoms with E-state index in [2.05, 4.69) is 4.98 Å². The van der Waals surface area contributed by atoms with Crippen molar-refractivity contribution in [1.29, 1.82) is 0 Å². The number of aryl methyl sites for hydroxylation is 2. The van der Waals surface area contributed by atoms with Gasteiger partial charge in [-0.1, -0.05) is 0 Å². The molecule has 0 bridgehead atoms. The Balaban J connectivity index is 2.27. The first kappa shape index (κ1) is 11.6. The number of nitrogens with zero attached hydrogens (tertiary/aromatic N) is 3. The molecule has 0 amide bonds. The van der Waals surface area contributed by atoms with Gasteiger partial charge in [0.05, 0.1) is 5.60 Å². The van der Waals surface area contributed by atoms with E-state index in [1.54, 1.807) is 25.5 Å². The Hall–Kier alpha value is -0.920. The van der Waals surface area contributed by atoms with Crippen LogP contribution in [0, 0.1) is 6.92 Å². The molecule has 6 nitrogen and oxygen atoms in total. The maximum Gasteiger partial charge on any atom is 0.262 e. The van der Waals surface area contributed by atoms with Crippen LogP contribution in [-0.4, -0.2) is 46.1 Å². The number of rotatable bonds is 2. The van der Waals surface area contributed by atoms with Gasteiger partial charge < -0.3 is 9.67 Å². The Labute approximate surface area is 94.6 Å². The molecule has 0 radical (unpaired) electrons. The lowest BCUT2D eigenvalue weighted by atomic mass is 10.0. The largest absolute Gasteiger partial charge is 0.387 e. The summed E-state index contributed by atoms with van der Waals surface area (Å²) < 4.78 is 26.9. The van der Waals surface area contributed by atoms with Gasteiger partial charge in [-0.15, -0.1) is 0 Å². The molecule has 1 saturated heterocycles. The van der Waals surface area contributed by atoms with Crippen LogP contribution in [0.4, 0.5) is 0 Å². The molecule has 0 aliphatic carbocycles. The van der Waals surface area contributed by atoms with E-state index in [0.29, 0.717) is 5.82 Å². The lowest BCUT2D eigenvalue weighted by molar-refractivity contribution is -0.0427. The molecule has 0 spiro atoms. The number of aromatic nitrogens is 2. The lowest BCUT2D eigenvalue weighted by Crippen LogP contribution is -2.61. The number of hydrogen-bond acceptors (Lipinski definition) is 4. The van der Waals surface area contributed by atoms with Crippen LogP contribution in [0.1, 0.15) is 12.7 Å². The molecule has 0 atom stereocenters. The molecular weight excluding hydrogens is 230 g/mol. The molecule has 0 aromatic carbocycles. The molecule has 1 aliphatic rings. The first-order valence-corrected chi connectivity index (χ1v) is 6.39. The highest BCUT2D eigenvalue weighted by Gasteiger charge is 2.44. The number of aliphatic hydroxyl groups is 1. The minimum Gasteiger partial charge on any atom is -0.387 e. The summed E-state index contributed by atoms with van der Waals surface area (Å²) in [5, 5.41) is 9.57. The number of imidazole rings is 1. The predicted molar refractivity (Wildman–Crippen MR) is 57.3 cm³/mol. The molecule has 2 rings (SSSR count). The summed E-state index contributed by atoms with van der Waals surface area (Å²) in [5.41, 5.74) is -0.906. The van der Waals surface area contributed by atoms with Crippen molar-refractivity contribution < 1.29 is 13.5 Å². The summed E-state index contributed by atoms with van der Waals surface area (Å²) in [6.45, 7) is 3.61. The second kappa shape index (κ2) is 3.28. The van der Waals surface area contributed by atoms with Crippen molar-refractivity contribution >= 4 is 10.0 Å². The molecule has 1 aliphatic heterocycles. The topological polar surface area (TPSA) is 75.4 Å². The summed E-state index contributed by atoms with van der Waals surface area (Å²) in [6, 6.07) is 0. The molecule has 0 saturated carbocycles. The fourth-order valence-electron chi connectivity index (χ4n) is 1.67. The normalized spacial score (nSPS) is 20.8. The van der Waals surface area contributed by atoms with E-state index in [4.69, 9.17) is 0 Å². The third-order valence-corrected chi connectivity index (χ3v) is 4.39. The van der Waals surface area contributed by atoms with E-state index < -0.39 is 15.6 Å². The van der Waals surface area contributed by atoms with Gasteiger partial charge >= 0.3 is 0 Å². The molecule has 1 fully saturated rings. The SMILES string of the molecule is Cc1nc(S(=O)(=O)N2CC(C)(O)C2)cn1C. The predicted octanol–water partition coefficient (Wildman–Crippen LogP) is -0.516. The van der Waals surface area contributed by atoms with Crippen molar-refractivity contribution in [3.05, 3.63) is 12.0 Å². The third kappa shape index (κ3) is 1.74. The van der Waals surface area contributed by atoms with Gasteiger partial charge in [-0.3, -0.25) is 0 Å². The Morgan fingerprint density at radius 1 is 1.50 bits per heavy atom. The van der Waals surface area contributed by atoms with Crippen LogP contribution >= 0.6 is 0 Å². The Bertz CT molecular complexity index is 491. The number of hydrogen-bond donors (Lipinski definition) is 1. The van der Waals surface area contributed by atoms with Crippen LogP contribution in [0.2, 0.25) is 0 Å². The number of β-amino-alcohol motifs (C(OH)–C–C–N with tert-alkyl or cyclic N) is 1. The average Bonchev–Trinajstić information content (AvgIpc) is 2.43. The zero-order valence-electron chi connectivity index (χ0n) is 9.51. The molecule has 90 valence electrons. The molecule has 7 heteroatoms. The van der Waals surface area contributed by atoms with Crippen LogP contribution in [-0.2, 0) is 17.1 Å². The van der Waals surface area contributed by atoms with Crippen molar-refractivity contribution in [1.82, 2.24) is 13.9 Å². The van der Waals surface area contributed by atoms with Crippen LogP contribution < -0.4 is 0 Å². The second-order valence-corrected chi connectivity index (χ2v) is 6.39. The summed E-state index contributed by atoms with van der Waals surface area (Å²) in [4.78, 5) is 3.98. The molecular formula is C9H15N3O3S. The molecule has 1 N–H and O–H groups in total. The van der Waals surface area contributed by atoms with Gasteiger partial charge in [-0.05, 0) is 13.8 Å². The summed E-state index contributed by atoms with van der Waals surface area (Å²) in [5.74, 6) is 0.644. The van der Waals surface area contributed by atoms with E-state index in [1.165, 1.54) is 10.5 Å². The average molecular weight is 245 g/mol. The maximum atomic E-state index is 12.0. The second-order valence-electron chi connectivity index (χ2n) is 4.51. The highest BCUT2D eigenvalue weighted by atomic mass is 32.2. The van der Waals surface area contributed by atoms with E-state index in [1.807, 2.05) is 0 Å². The smallest absolute Gasteiger partial charge is 0.262 e. The van der Waals surface area contributed by atoms with Crippen molar-refractivity contribution in [3.8, 4) is 0 Å². The minimum absolute atomic E-state index is 0.0444. The van der Waals surface area contributed by atoms with Gasteiger partial charge in [0, 0.05) is 26.3 Å². The molecule has 16 heavy (non-hydrogen) atoms. The standard InChI is InChI=1S/C9H15N3O3S/c1-7-10-8(4-11(7)3)16(14,15)12-5-9(2,13)6-12/h4,13H,5-6H2,1-3H3. The zero-order valence-corrected chi connectivity index (χ0v) is 10.3. The van der Waals surface area contributed by atoms with E-state index in [0.717, 1.165) is 0 Å². The first-order chi connectivity index (χ1) is 7.22. The third-order valence-electron chi connectivity index (χ3n) is 2.72. The van der Waals surface area contributed by atoms with Crippen LogP contribution in [0.15, 0.2) is 11.2 Å². The Kier molecular flexibility index (Phi) is 2.37. The van der Waals surface area contributed by atoms with Gasteiger partial charge in [0.2, 0.25) is 0 Å². The van der Waals surface area contributed by atoms with Crippen molar-refractivity contribution in [2.24, 2.45) is 7.05 Å². The van der Waals surface area contributed by atoms with Crippen molar-refractivity contribution in [3.63, 3.8) is 0 Å². The number of sulfonamides is 1. The Morgan fingerprint density at radius 2 is 2.06 bits per heavy atom. The van der Waals surface area contributed by atoms with Gasteiger partial charge in [0.25, 0.3) is 10.0 Å². The fourth-order valence-corrected chi connectivity index (χ4v) is 3.37. The monoisotopic (exact) mass is 245 g/mol. The molecule has 0 unspecified atom stereocenters. The fraction of sp³-hybridized carbons (Fsp3) is 0.667. The van der Waals surface area contributed by atoms with E-state index >= 15 is 0 Å². The lowest BCUT2D eigenvalue weighted by Gasteiger charge is -2.42. The van der Waals surface area contributed by atoms with Crippen LogP contribution in [0.5, 0.6) is 0 Å². The van der Waals surface area contributed by atoms with Crippen LogP contribution in [0.3, 0.4) is 0 Å². The first-order valence-electron chi connectivity index (χ1n) is 4.95. The Morgan fingerprint density at radius 3 is 2.44 bits per heavy atom. The van der Waals surface area contributed by atoms with Gasteiger partial charge in [-0.25, -0.2) is 13.4 Å². The van der Waals surface area contributed by atoms with Gasteiger partial charge in [0.15, 0.2) is 5.03 Å². The highest BCUT2D eigenvalue weighted by Crippen LogP contribution is 2.26. The van der Waals surface area contributed by atoms with Gasteiger partial charge in [-0.2, -0.15) is 4.31 Å². The minimum atomic E-state index is -3.53. The molecule has 1 aromatic rings. The quantitative estimate of drug-likeness (QED) is 0.761. The van der Waals surface area contributed by atoms with Crippen LogP contribution in [0.25, 0.3) is 0 Å². The van der Waals surface area contributed by atoms with E-state index in [-0.39, 0.29) is 18.1 Å². The zero-order chi connectivity index (χ0) is 12.1. The molecule has 1 aromatic heterocycles. The van der Waals surface area contributed by atoms with Gasteiger partial charge in [0.1, 0.15) is 5.82 Å². The van der Waals surface area contributed by atoms with Crippen molar-refractivity contribution in [2.45, 2.75) is 24.5 Å². The summed E-state index contributed by atoms with van der Waals surface area (Å²) in [6.07, 6.45) is 1.48. The highest BCUT2D eigenvalue weighted by molar-refractivity contribution is 7.89.